The maximum absolute atomic E-state index is 6.06. The molecule has 0 aromatic carbocycles. The average Bonchev–Trinajstić information content (AvgIpc) is 2.86. The average molecular weight is 285 g/mol. The van der Waals surface area contributed by atoms with Crippen LogP contribution in [0.15, 0.2) is 0 Å². The van der Waals surface area contributed by atoms with E-state index in [4.69, 9.17) is 14.2 Å². The minimum absolute atomic E-state index is 0.00615. The highest BCUT2D eigenvalue weighted by Gasteiger charge is 2.43. The van der Waals surface area contributed by atoms with Crippen LogP contribution in [0.4, 0.5) is 0 Å². The molecular weight excluding hydrogens is 254 g/mol. The smallest absolute Gasteiger partial charge is 0.0939 e. The molecule has 2 aliphatic heterocycles. The number of ether oxygens (including phenoxy) is 3. The molecule has 0 amide bonds. The first-order valence-corrected chi connectivity index (χ1v) is 8.00. The molecule has 0 aromatic rings. The summed E-state index contributed by atoms with van der Waals surface area (Å²) in [6.45, 7) is 10.0. The van der Waals surface area contributed by atoms with Gasteiger partial charge in [-0.25, -0.2) is 0 Å². The lowest BCUT2D eigenvalue weighted by molar-refractivity contribution is -0.107. The zero-order valence-electron chi connectivity index (χ0n) is 13.5. The first-order valence-electron chi connectivity index (χ1n) is 8.00. The molecule has 0 aromatic heterocycles. The first-order chi connectivity index (χ1) is 9.50. The van der Waals surface area contributed by atoms with Crippen molar-refractivity contribution in [1.29, 1.82) is 0 Å². The molecule has 2 heterocycles. The summed E-state index contributed by atoms with van der Waals surface area (Å²) in [4.78, 5) is 0. The molecule has 3 atom stereocenters. The van der Waals surface area contributed by atoms with E-state index in [1.54, 1.807) is 7.11 Å². The Morgan fingerprint density at radius 1 is 1.40 bits per heavy atom. The Labute approximate surface area is 123 Å². The van der Waals surface area contributed by atoms with E-state index >= 15 is 0 Å². The minimum atomic E-state index is -0.0789. The topological polar surface area (TPSA) is 39.7 Å². The van der Waals surface area contributed by atoms with E-state index in [2.05, 4.69) is 26.1 Å². The van der Waals surface area contributed by atoms with Crippen molar-refractivity contribution in [2.24, 2.45) is 5.92 Å². The third-order valence-electron chi connectivity index (χ3n) is 4.90. The van der Waals surface area contributed by atoms with Gasteiger partial charge < -0.3 is 19.5 Å². The predicted molar refractivity (Wildman–Crippen MR) is 80.0 cm³/mol. The highest BCUT2D eigenvalue weighted by Crippen LogP contribution is 2.38. The molecule has 1 spiro atoms. The van der Waals surface area contributed by atoms with E-state index in [-0.39, 0.29) is 11.2 Å². The van der Waals surface area contributed by atoms with E-state index in [9.17, 15) is 0 Å². The van der Waals surface area contributed by atoms with Crippen molar-refractivity contribution in [2.75, 3.05) is 33.5 Å². The van der Waals surface area contributed by atoms with Gasteiger partial charge in [-0.3, -0.25) is 0 Å². The fourth-order valence-electron chi connectivity index (χ4n) is 3.55. The van der Waals surface area contributed by atoms with Gasteiger partial charge in [0.05, 0.1) is 17.8 Å². The number of methoxy groups -OCH3 is 1. The van der Waals surface area contributed by atoms with Crippen LogP contribution < -0.4 is 5.32 Å². The van der Waals surface area contributed by atoms with Gasteiger partial charge in [-0.2, -0.15) is 0 Å². The van der Waals surface area contributed by atoms with E-state index in [0.717, 1.165) is 52.0 Å². The lowest BCUT2D eigenvalue weighted by atomic mass is 9.78. The van der Waals surface area contributed by atoms with Gasteiger partial charge >= 0.3 is 0 Å². The molecule has 4 nitrogen and oxygen atoms in total. The molecular formula is C16H31NO3. The molecule has 20 heavy (non-hydrogen) atoms. The lowest BCUT2D eigenvalue weighted by Crippen LogP contribution is -2.49. The molecule has 0 saturated carbocycles. The van der Waals surface area contributed by atoms with Crippen molar-refractivity contribution in [1.82, 2.24) is 5.32 Å². The lowest BCUT2D eigenvalue weighted by Gasteiger charge is -2.42. The normalized spacial score (nSPS) is 32.7. The minimum Gasteiger partial charge on any atom is -0.379 e. The molecule has 118 valence electrons. The number of hydrogen-bond donors (Lipinski definition) is 1. The van der Waals surface area contributed by atoms with Gasteiger partial charge in [-0.1, -0.05) is 6.92 Å². The highest BCUT2D eigenvalue weighted by atomic mass is 16.6. The van der Waals surface area contributed by atoms with Gasteiger partial charge in [0.15, 0.2) is 0 Å². The quantitative estimate of drug-likeness (QED) is 0.813. The van der Waals surface area contributed by atoms with Crippen LogP contribution in [0.25, 0.3) is 0 Å². The van der Waals surface area contributed by atoms with Crippen molar-refractivity contribution in [2.45, 2.75) is 63.7 Å². The van der Waals surface area contributed by atoms with Gasteiger partial charge in [-0.05, 0) is 45.6 Å². The van der Waals surface area contributed by atoms with Crippen LogP contribution in [0.5, 0.6) is 0 Å². The van der Waals surface area contributed by atoms with E-state index in [0.29, 0.717) is 12.0 Å². The van der Waals surface area contributed by atoms with Crippen molar-refractivity contribution in [3.63, 3.8) is 0 Å². The van der Waals surface area contributed by atoms with Crippen LogP contribution in [-0.4, -0.2) is 50.7 Å². The first kappa shape index (κ1) is 16.2. The van der Waals surface area contributed by atoms with Gasteiger partial charge in [0.1, 0.15) is 0 Å². The molecule has 1 N–H and O–H groups in total. The Bertz CT molecular complexity index is 300. The van der Waals surface area contributed by atoms with Crippen molar-refractivity contribution >= 4 is 0 Å². The summed E-state index contributed by atoms with van der Waals surface area (Å²) in [7, 11) is 1.80. The Hall–Kier alpha value is -0.160. The second-order valence-corrected chi connectivity index (χ2v) is 6.92. The van der Waals surface area contributed by atoms with Crippen LogP contribution in [0.1, 0.15) is 46.5 Å². The summed E-state index contributed by atoms with van der Waals surface area (Å²) in [5.74, 6) is 0.653. The van der Waals surface area contributed by atoms with Crippen molar-refractivity contribution < 1.29 is 14.2 Å². The summed E-state index contributed by atoms with van der Waals surface area (Å²) < 4.78 is 17.3. The van der Waals surface area contributed by atoms with E-state index < -0.39 is 0 Å². The van der Waals surface area contributed by atoms with E-state index in [1.807, 2.05) is 0 Å². The second-order valence-electron chi connectivity index (χ2n) is 6.92. The fourth-order valence-corrected chi connectivity index (χ4v) is 3.55. The molecule has 2 saturated heterocycles. The second kappa shape index (κ2) is 6.73. The monoisotopic (exact) mass is 285 g/mol. The fraction of sp³-hybridized carbons (Fsp3) is 1.00. The van der Waals surface area contributed by atoms with Gasteiger partial charge in [0, 0.05) is 32.8 Å². The number of rotatable bonds is 6. The third kappa shape index (κ3) is 3.94. The molecule has 0 bridgehead atoms. The SMILES string of the molecule is CCNC(CC(C)(C)OC)C1CCOC2(CCOC2)C1. The van der Waals surface area contributed by atoms with Crippen molar-refractivity contribution in [3.8, 4) is 0 Å². The molecule has 0 aliphatic carbocycles. The molecule has 2 rings (SSSR count). The van der Waals surface area contributed by atoms with Crippen molar-refractivity contribution in [3.05, 3.63) is 0 Å². The molecule has 3 unspecified atom stereocenters. The Morgan fingerprint density at radius 2 is 2.20 bits per heavy atom. The van der Waals surface area contributed by atoms with Crippen LogP contribution in [0, 0.1) is 5.92 Å². The molecule has 4 heteroatoms. The largest absolute Gasteiger partial charge is 0.379 e. The number of nitrogens with one attached hydrogen (secondary N) is 1. The van der Waals surface area contributed by atoms with Gasteiger partial charge in [0.2, 0.25) is 0 Å². The Morgan fingerprint density at radius 3 is 2.80 bits per heavy atom. The predicted octanol–water partition coefficient (Wildman–Crippen LogP) is 2.37. The standard InChI is InChI=1S/C16H31NO3/c1-5-17-14(11-15(2,3)18-4)13-6-8-20-16(10-13)7-9-19-12-16/h13-14,17H,5-12H2,1-4H3. The Kier molecular flexibility index (Phi) is 5.46. The van der Waals surface area contributed by atoms with Gasteiger partial charge in [0.25, 0.3) is 0 Å². The highest BCUT2D eigenvalue weighted by molar-refractivity contribution is 4.95. The van der Waals surface area contributed by atoms with Crippen LogP contribution in [-0.2, 0) is 14.2 Å². The van der Waals surface area contributed by atoms with Gasteiger partial charge in [-0.15, -0.1) is 0 Å². The maximum atomic E-state index is 6.06. The zero-order chi connectivity index (χ0) is 14.6. The zero-order valence-corrected chi connectivity index (χ0v) is 13.5. The van der Waals surface area contributed by atoms with Crippen LogP contribution in [0.2, 0.25) is 0 Å². The number of hydrogen-bond acceptors (Lipinski definition) is 4. The molecule has 2 aliphatic rings. The summed E-state index contributed by atoms with van der Waals surface area (Å²) in [6.07, 6.45) is 4.35. The third-order valence-corrected chi connectivity index (χ3v) is 4.90. The van der Waals surface area contributed by atoms with Crippen LogP contribution >= 0.6 is 0 Å². The molecule has 2 fully saturated rings. The summed E-state index contributed by atoms with van der Waals surface area (Å²) in [5.41, 5.74) is -0.0850. The van der Waals surface area contributed by atoms with E-state index in [1.165, 1.54) is 0 Å². The molecule has 0 radical (unpaired) electrons. The maximum Gasteiger partial charge on any atom is 0.0939 e. The van der Waals surface area contributed by atoms with Crippen LogP contribution in [0.3, 0.4) is 0 Å². The summed E-state index contributed by atoms with van der Waals surface area (Å²) in [6, 6.07) is 0.497. The Balaban J connectivity index is 2.00. The summed E-state index contributed by atoms with van der Waals surface area (Å²) in [5, 5.41) is 3.67. The summed E-state index contributed by atoms with van der Waals surface area (Å²) >= 11 is 0.